The third-order valence-corrected chi connectivity index (χ3v) is 6.87. The Bertz CT molecular complexity index is 1530. The molecule has 35 heavy (non-hydrogen) atoms. The maximum absolute atomic E-state index is 6.35. The first-order chi connectivity index (χ1) is 17.0. The first-order valence-electron chi connectivity index (χ1n) is 11.8. The molecular formula is C29H28ClN5. The summed E-state index contributed by atoms with van der Waals surface area (Å²) in [6, 6.07) is 17.5. The van der Waals surface area contributed by atoms with Crippen LogP contribution >= 0.6 is 11.6 Å². The molecule has 6 heteroatoms. The third kappa shape index (κ3) is 4.32. The van der Waals surface area contributed by atoms with Gasteiger partial charge in [-0.25, -0.2) is 9.50 Å². The summed E-state index contributed by atoms with van der Waals surface area (Å²) in [5.74, 6) is 2.84. The zero-order valence-electron chi connectivity index (χ0n) is 20.2. The summed E-state index contributed by atoms with van der Waals surface area (Å²) in [6.07, 6.45) is 11.6. The second-order valence-electron chi connectivity index (χ2n) is 9.08. The fraction of sp³-hybridized carbons (Fsp3) is 0.241. The van der Waals surface area contributed by atoms with Crippen molar-refractivity contribution in [2.75, 3.05) is 18.0 Å². The largest absolute Gasteiger partial charge is 0.364 e. The van der Waals surface area contributed by atoms with Crippen LogP contribution in [-0.2, 0) is 0 Å². The predicted octanol–water partition coefficient (Wildman–Crippen LogP) is 3.78. The number of aromatic nitrogens is 3. The van der Waals surface area contributed by atoms with Crippen LogP contribution in [0.4, 0.5) is 5.69 Å². The minimum Gasteiger partial charge on any atom is -0.364 e. The molecule has 0 radical (unpaired) electrons. The molecule has 2 aromatic heterocycles. The summed E-state index contributed by atoms with van der Waals surface area (Å²) in [7, 11) is 0. The highest BCUT2D eigenvalue weighted by Gasteiger charge is 2.24. The number of nitrogens with one attached hydrogen (secondary N) is 1. The molecule has 0 amide bonds. The van der Waals surface area contributed by atoms with Crippen molar-refractivity contribution in [1.29, 1.82) is 0 Å². The van der Waals surface area contributed by atoms with E-state index < -0.39 is 0 Å². The van der Waals surface area contributed by atoms with E-state index in [0.717, 1.165) is 45.8 Å². The molecule has 5 rings (SSSR count). The summed E-state index contributed by atoms with van der Waals surface area (Å²) < 4.78 is 1.79. The molecule has 0 aliphatic carbocycles. The maximum atomic E-state index is 6.35. The molecule has 2 atom stereocenters. The number of fused-ring (bicyclic) bond motifs is 1. The van der Waals surface area contributed by atoms with E-state index in [2.05, 4.69) is 59.3 Å². The highest BCUT2D eigenvalue weighted by Crippen LogP contribution is 2.27. The van der Waals surface area contributed by atoms with E-state index in [1.807, 2.05) is 43.6 Å². The van der Waals surface area contributed by atoms with Gasteiger partial charge in [-0.15, -0.1) is 6.42 Å². The lowest BCUT2D eigenvalue weighted by Crippen LogP contribution is -2.55. The third-order valence-electron chi connectivity index (χ3n) is 6.67. The molecule has 2 aromatic carbocycles. The van der Waals surface area contributed by atoms with E-state index in [4.69, 9.17) is 23.0 Å². The van der Waals surface area contributed by atoms with Crippen molar-refractivity contribution in [3.63, 3.8) is 0 Å². The summed E-state index contributed by atoms with van der Waals surface area (Å²) >= 11 is 6.35. The average molecular weight is 482 g/mol. The van der Waals surface area contributed by atoms with Crippen LogP contribution in [0.1, 0.15) is 26.3 Å². The molecule has 1 aliphatic heterocycles. The van der Waals surface area contributed by atoms with Crippen LogP contribution in [0.2, 0.25) is 0 Å². The van der Waals surface area contributed by atoms with Gasteiger partial charge in [0.05, 0.1) is 11.8 Å². The normalized spacial score (nSPS) is 19.9. The standard InChI is InChI=1S/C29H28ClN5/c1-5-25(27-9-7-6-8-26(27)21(4)30)28-17-33-34-18-23(16-32-29(28)34)22-10-12-24(13-11-22)35-19(2)14-31-15-20(35)3/h1,6-13,16-20,31H,14-15H2,2-4H3/b26-21+,27-25+/t19-,20+. The minimum absolute atomic E-state index is 0.456. The van der Waals surface area contributed by atoms with Crippen molar-refractivity contribution in [3.8, 4) is 23.5 Å². The van der Waals surface area contributed by atoms with Gasteiger partial charge in [-0.1, -0.05) is 53.9 Å². The van der Waals surface area contributed by atoms with Crippen molar-refractivity contribution in [2.24, 2.45) is 0 Å². The molecule has 3 heterocycles. The van der Waals surface area contributed by atoms with Gasteiger partial charge < -0.3 is 10.2 Å². The first kappa shape index (κ1) is 23.2. The molecule has 5 nitrogen and oxygen atoms in total. The quantitative estimate of drug-likeness (QED) is 0.452. The van der Waals surface area contributed by atoms with Gasteiger partial charge in [0.15, 0.2) is 5.65 Å². The highest BCUT2D eigenvalue weighted by molar-refractivity contribution is 6.44. The van der Waals surface area contributed by atoms with Gasteiger partial charge in [-0.2, -0.15) is 5.10 Å². The second kappa shape index (κ2) is 9.58. The Morgan fingerprint density at radius 1 is 1.00 bits per heavy atom. The van der Waals surface area contributed by atoms with Gasteiger partial charge in [-0.3, -0.25) is 0 Å². The predicted molar refractivity (Wildman–Crippen MR) is 145 cm³/mol. The molecule has 4 aromatic rings. The van der Waals surface area contributed by atoms with E-state index in [-0.39, 0.29) is 0 Å². The molecule has 176 valence electrons. The molecule has 1 N–H and O–H groups in total. The number of terminal acetylenes is 1. The number of halogens is 1. The fourth-order valence-corrected chi connectivity index (χ4v) is 5.13. The van der Waals surface area contributed by atoms with Gasteiger partial charge in [-0.05, 0) is 48.9 Å². The fourth-order valence-electron chi connectivity index (χ4n) is 4.97. The minimum atomic E-state index is 0.456. The average Bonchev–Trinajstić information content (AvgIpc) is 3.28. The van der Waals surface area contributed by atoms with E-state index in [1.54, 1.807) is 10.7 Å². The second-order valence-corrected chi connectivity index (χ2v) is 9.64. The summed E-state index contributed by atoms with van der Waals surface area (Å²) in [4.78, 5) is 7.23. The lowest BCUT2D eigenvalue weighted by Gasteiger charge is -2.41. The number of hydrogen-bond donors (Lipinski definition) is 1. The smallest absolute Gasteiger partial charge is 0.163 e. The Labute approximate surface area is 210 Å². The molecule has 1 aliphatic rings. The Morgan fingerprint density at radius 3 is 2.34 bits per heavy atom. The molecule has 0 spiro atoms. The maximum Gasteiger partial charge on any atom is 0.163 e. The van der Waals surface area contributed by atoms with Crippen LogP contribution in [-0.4, -0.2) is 39.8 Å². The Morgan fingerprint density at radius 2 is 1.69 bits per heavy atom. The monoisotopic (exact) mass is 481 g/mol. The number of piperazine rings is 1. The Balaban J connectivity index is 1.53. The molecule has 1 saturated heterocycles. The van der Waals surface area contributed by atoms with Crippen molar-refractivity contribution < 1.29 is 0 Å². The van der Waals surface area contributed by atoms with Crippen molar-refractivity contribution in [2.45, 2.75) is 32.9 Å². The summed E-state index contributed by atoms with van der Waals surface area (Å²) in [5, 5.41) is 10.6. The number of rotatable bonds is 3. The molecule has 0 saturated carbocycles. The lowest BCUT2D eigenvalue weighted by molar-refractivity contribution is 0.432. The Kier molecular flexibility index (Phi) is 6.34. The topological polar surface area (TPSA) is 45.5 Å². The van der Waals surface area contributed by atoms with Crippen LogP contribution in [0.25, 0.3) is 27.4 Å². The van der Waals surface area contributed by atoms with Crippen molar-refractivity contribution >= 4 is 33.5 Å². The van der Waals surface area contributed by atoms with Gasteiger partial charge in [0, 0.05) is 59.4 Å². The summed E-state index contributed by atoms with van der Waals surface area (Å²) in [5.41, 5.74) is 5.57. The Hall–Kier alpha value is -3.59. The SMILES string of the molecule is C#C/C(c1cnn2cc(-c3ccc(N4[C@H](C)CNC[C@@H]4C)cc3)cnc12)=c1/cccc/c1=C(/C)Cl. The zero-order valence-corrected chi connectivity index (χ0v) is 20.9. The van der Waals surface area contributed by atoms with Crippen LogP contribution in [0.5, 0.6) is 0 Å². The van der Waals surface area contributed by atoms with Gasteiger partial charge in [0.25, 0.3) is 0 Å². The molecule has 1 fully saturated rings. The van der Waals surface area contributed by atoms with Gasteiger partial charge in [0.2, 0.25) is 0 Å². The lowest BCUT2D eigenvalue weighted by atomic mass is 10.0. The van der Waals surface area contributed by atoms with Crippen molar-refractivity contribution in [3.05, 3.63) is 83.1 Å². The van der Waals surface area contributed by atoms with Gasteiger partial charge in [0.1, 0.15) is 0 Å². The zero-order chi connectivity index (χ0) is 24.5. The van der Waals surface area contributed by atoms with E-state index in [9.17, 15) is 0 Å². The number of anilines is 1. The van der Waals surface area contributed by atoms with Crippen LogP contribution in [0.3, 0.4) is 0 Å². The molecule has 0 bridgehead atoms. The van der Waals surface area contributed by atoms with E-state index in [1.165, 1.54) is 5.69 Å². The van der Waals surface area contributed by atoms with Crippen LogP contribution in [0.15, 0.2) is 67.1 Å². The van der Waals surface area contributed by atoms with E-state index >= 15 is 0 Å². The molecular weight excluding hydrogens is 454 g/mol. The number of nitrogens with zero attached hydrogens (tertiary/aromatic N) is 4. The van der Waals surface area contributed by atoms with E-state index in [0.29, 0.717) is 22.8 Å². The number of hydrogen-bond acceptors (Lipinski definition) is 4. The van der Waals surface area contributed by atoms with Crippen molar-refractivity contribution in [1.82, 2.24) is 19.9 Å². The number of benzene rings is 2. The van der Waals surface area contributed by atoms with Crippen LogP contribution in [0, 0.1) is 12.3 Å². The van der Waals surface area contributed by atoms with Gasteiger partial charge >= 0.3 is 0 Å². The highest BCUT2D eigenvalue weighted by atomic mass is 35.5. The first-order valence-corrected chi connectivity index (χ1v) is 12.2. The van der Waals surface area contributed by atoms with Crippen LogP contribution < -0.4 is 20.7 Å². The molecule has 0 unspecified atom stereocenters. The summed E-state index contributed by atoms with van der Waals surface area (Å²) in [6.45, 7) is 8.38.